The summed E-state index contributed by atoms with van der Waals surface area (Å²) < 4.78 is 0. The summed E-state index contributed by atoms with van der Waals surface area (Å²) in [6.07, 6.45) is 1.25. The van der Waals surface area contributed by atoms with Crippen LogP contribution < -0.4 is 10.9 Å². The molecule has 102 valence electrons. The van der Waals surface area contributed by atoms with Crippen molar-refractivity contribution < 1.29 is 4.79 Å². The number of aromatic amines is 1. The van der Waals surface area contributed by atoms with E-state index < -0.39 is 0 Å². The van der Waals surface area contributed by atoms with Crippen molar-refractivity contribution in [3.8, 4) is 0 Å². The predicted molar refractivity (Wildman–Crippen MR) is 79.6 cm³/mol. The van der Waals surface area contributed by atoms with Crippen LogP contribution in [0, 0.1) is 6.92 Å². The highest BCUT2D eigenvalue weighted by molar-refractivity contribution is 5.92. The van der Waals surface area contributed by atoms with Crippen LogP contribution in [0.4, 0.5) is 5.69 Å². The molecule has 1 aromatic carbocycles. The third kappa shape index (κ3) is 4.25. The van der Waals surface area contributed by atoms with Crippen LogP contribution in [-0.2, 0) is 4.79 Å². The van der Waals surface area contributed by atoms with Crippen molar-refractivity contribution in [3.05, 3.63) is 40.3 Å². The molecule has 0 unspecified atom stereocenters. The lowest BCUT2D eigenvalue weighted by Crippen LogP contribution is -2.09. The number of anilines is 1. The van der Waals surface area contributed by atoms with Crippen molar-refractivity contribution in [2.45, 2.75) is 34.1 Å². The van der Waals surface area contributed by atoms with Gasteiger partial charge in [-0.1, -0.05) is 26.3 Å². The van der Waals surface area contributed by atoms with E-state index in [1.165, 1.54) is 13.3 Å². The Kier molecular flexibility index (Phi) is 5.30. The average molecular weight is 260 g/mol. The summed E-state index contributed by atoms with van der Waals surface area (Å²) in [5.41, 5.74) is 1.32. The van der Waals surface area contributed by atoms with Crippen LogP contribution in [0.1, 0.15) is 32.9 Å². The number of aryl methyl sites for hydroxylation is 1. The van der Waals surface area contributed by atoms with E-state index in [0.717, 1.165) is 11.1 Å². The maximum absolute atomic E-state index is 11.7. The third-order valence-corrected chi connectivity index (χ3v) is 2.30. The van der Waals surface area contributed by atoms with Gasteiger partial charge in [0.25, 0.3) is 5.56 Å². The molecule has 4 heteroatoms. The largest absolute Gasteiger partial charge is 0.326 e. The Bertz CT molecular complexity index is 630. The van der Waals surface area contributed by atoms with Crippen LogP contribution in [-0.4, -0.2) is 10.9 Å². The van der Waals surface area contributed by atoms with E-state index in [4.69, 9.17) is 0 Å². The van der Waals surface area contributed by atoms with E-state index in [1.807, 2.05) is 19.1 Å². The molecule has 0 aliphatic rings. The normalized spacial score (nSPS) is 9.68. The summed E-state index contributed by atoms with van der Waals surface area (Å²) in [7, 11) is 0. The van der Waals surface area contributed by atoms with Gasteiger partial charge in [-0.15, -0.1) is 0 Å². The summed E-state index contributed by atoms with van der Waals surface area (Å²) in [6, 6.07) is 7.18. The Labute approximate surface area is 112 Å². The second-order valence-electron chi connectivity index (χ2n) is 4.47. The average Bonchev–Trinajstić information content (AvgIpc) is 2.30. The fourth-order valence-electron chi connectivity index (χ4n) is 1.68. The molecule has 2 N–H and O–H groups in total. The molecule has 0 bridgehead atoms. The smallest absolute Gasteiger partial charge is 0.256 e. The van der Waals surface area contributed by atoms with Gasteiger partial charge in [-0.2, -0.15) is 0 Å². The highest BCUT2D eigenvalue weighted by Gasteiger charge is 2.02. The summed E-state index contributed by atoms with van der Waals surface area (Å²) in [5.74, 6) is -0.150. The van der Waals surface area contributed by atoms with Crippen molar-refractivity contribution >= 4 is 22.4 Å². The Hall–Kier alpha value is -2.10. The number of carbonyl (C=O) groups is 1. The standard InChI is InChI=1S/C12H12N2O2.C3H8/c1-7-5-9-3-4-10(14-8(2)15)6-11(9)12(16)13-7;1-3-2/h3-6H,1-2H3,(H,13,16)(H,14,15);3H2,1-2H3. The van der Waals surface area contributed by atoms with E-state index >= 15 is 0 Å². The number of amides is 1. The fourth-order valence-corrected chi connectivity index (χ4v) is 1.68. The Morgan fingerprint density at radius 3 is 2.47 bits per heavy atom. The molecule has 0 saturated heterocycles. The van der Waals surface area contributed by atoms with Crippen molar-refractivity contribution in [2.24, 2.45) is 0 Å². The van der Waals surface area contributed by atoms with Crippen LogP contribution in [0.3, 0.4) is 0 Å². The lowest BCUT2D eigenvalue weighted by atomic mass is 10.1. The van der Waals surface area contributed by atoms with Crippen molar-refractivity contribution in [1.29, 1.82) is 0 Å². The first-order valence-electron chi connectivity index (χ1n) is 6.39. The second-order valence-corrected chi connectivity index (χ2v) is 4.47. The monoisotopic (exact) mass is 260 g/mol. The zero-order valence-electron chi connectivity index (χ0n) is 11.8. The molecular weight excluding hydrogens is 240 g/mol. The third-order valence-electron chi connectivity index (χ3n) is 2.30. The molecule has 0 spiro atoms. The number of aromatic nitrogens is 1. The zero-order chi connectivity index (χ0) is 14.4. The Morgan fingerprint density at radius 1 is 1.26 bits per heavy atom. The van der Waals surface area contributed by atoms with Crippen LogP contribution in [0.2, 0.25) is 0 Å². The van der Waals surface area contributed by atoms with E-state index in [1.54, 1.807) is 12.1 Å². The highest BCUT2D eigenvalue weighted by atomic mass is 16.1. The summed E-state index contributed by atoms with van der Waals surface area (Å²) in [6.45, 7) is 7.52. The zero-order valence-corrected chi connectivity index (χ0v) is 11.8. The summed E-state index contributed by atoms with van der Waals surface area (Å²) in [4.78, 5) is 25.3. The Balaban J connectivity index is 0.000000550. The predicted octanol–water partition coefficient (Wildman–Crippen LogP) is 3.21. The molecule has 0 atom stereocenters. The Morgan fingerprint density at radius 2 is 1.89 bits per heavy atom. The molecule has 2 rings (SSSR count). The minimum absolute atomic E-state index is 0.137. The minimum Gasteiger partial charge on any atom is -0.326 e. The maximum atomic E-state index is 11.7. The van der Waals surface area contributed by atoms with Gasteiger partial charge in [0.15, 0.2) is 0 Å². The van der Waals surface area contributed by atoms with E-state index in [0.29, 0.717) is 11.1 Å². The van der Waals surface area contributed by atoms with Gasteiger partial charge < -0.3 is 10.3 Å². The number of benzene rings is 1. The number of fused-ring (bicyclic) bond motifs is 1. The molecule has 1 heterocycles. The molecule has 1 amide bonds. The molecule has 0 radical (unpaired) electrons. The SMILES string of the molecule is CC(=O)Nc1ccc2cc(C)[nH]c(=O)c2c1.CCC. The van der Waals surface area contributed by atoms with Crippen molar-refractivity contribution in [1.82, 2.24) is 4.98 Å². The van der Waals surface area contributed by atoms with Crippen molar-refractivity contribution in [2.75, 3.05) is 5.32 Å². The molecule has 0 aliphatic carbocycles. The second kappa shape index (κ2) is 6.73. The minimum atomic E-state index is -0.150. The van der Waals surface area contributed by atoms with Gasteiger partial charge in [-0.25, -0.2) is 0 Å². The maximum Gasteiger partial charge on any atom is 0.256 e. The molecular formula is C15H20N2O2. The van der Waals surface area contributed by atoms with E-state index in [-0.39, 0.29) is 11.5 Å². The van der Waals surface area contributed by atoms with Gasteiger partial charge in [-0.3, -0.25) is 9.59 Å². The van der Waals surface area contributed by atoms with Gasteiger partial charge in [0, 0.05) is 23.7 Å². The number of pyridine rings is 1. The number of rotatable bonds is 1. The molecule has 2 aromatic rings. The lowest BCUT2D eigenvalue weighted by molar-refractivity contribution is -0.114. The molecule has 4 nitrogen and oxygen atoms in total. The number of hydrogen-bond donors (Lipinski definition) is 2. The van der Waals surface area contributed by atoms with Gasteiger partial charge in [-0.05, 0) is 30.5 Å². The molecule has 0 aliphatic heterocycles. The first-order valence-corrected chi connectivity index (χ1v) is 6.39. The van der Waals surface area contributed by atoms with Gasteiger partial charge >= 0.3 is 0 Å². The van der Waals surface area contributed by atoms with Crippen LogP contribution in [0.5, 0.6) is 0 Å². The molecule has 19 heavy (non-hydrogen) atoms. The van der Waals surface area contributed by atoms with Gasteiger partial charge in [0.2, 0.25) is 5.91 Å². The summed E-state index contributed by atoms with van der Waals surface area (Å²) >= 11 is 0. The molecule has 0 fully saturated rings. The van der Waals surface area contributed by atoms with Crippen LogP contribution in [0.25, 0.3) is 10.8 Å². The van der Waals surface area contributed by atoms with Crippen molar-refractivity contribution in [3.63, 3.8) is 0 Å². The quantitative estimate of drug-likeness (QED) is 0.827. The molecule has 0 saturated carbocycles. The fraction of sp³-hybridized carbons (Fsp3) is 0.333. The lowest BCUT2D eigenvalue weighted by Gasteiger charge is -2.04. The summed E-state index contributed by atoms with van der Waals surface area (Å²) in [5, 5.41) is 4.10. The van der Waals surface area contributed by atoms with E-state index in [9.17, 15) is 9.59 Å². The van der Waals surface area contributed by atoms with Gasteiger partial charge in [0.05, 0.1) is 0 Å². The number of nitrogens with one attached hydrogen (secondary N) is 2. The number of H-pyrrole nitrogens is 1. The molecule has 1 aromatic heterocycles. The van der Waals surface area contributed by atoms with Crippen LogP contribution >= 0.6 is 0 Å². The topological polar surface area (TPSA) is 62.0 Å². The first kappa shape index (κ1) is 15.0. The number of hydrogen-bond acceptors (Lipinski definition) is 2. The van der Waals surface area contributed by atoms with E-state index in [2.05, 4.69) is 24.1 Å². The number of carbonyl (C=O) groups excluding carboxylic acids is 1. The van der Waals surface area contributed by atoms with Gasteiger partial charge in [0.1, 0.15) is 0 Å². The van der Waals surface area contributed by atoms with Crippen LogP contribution in [0.15, 0.2) is 29.1 Å². The highest BCUT2D eigenvalue weighted by Crippen LogP contribution is 2.16. The first-order chi connectivity index (χ1) is 8.97.